The number of esters is 2. The SMILES string of the molecule is CCCCC[C@H](O)/C=C/C=C\C/C=C\C=C\[C@H](O)CCCC(=O)OC[C@@H](O)COC(C)=O. The summed E-state index contributed by atoms with van der Waals surface area (Å²) in [5.41, 5.74) is 0. The van der Waals surface area contributed by atoms with E-state index < -0.39 is 24.1 Å². The molecule has 0 aliphatic heterocycles. The zero-order valence-electron chi connectivity index (χ0n) is 19.4. The first-order valence-electron chi connectivity index (χ1n) is 11.3. The van der Waals surface area contributed by atoms with Crippen molar-refractivity contribution in [3.05, 3.63) is 48.6 Å². The Labute approximate surface area is 192 Å². The summed E-state index contributed by atoms with van der Waals surface area (Å²) in [5, 5.41) is 29.1. The highest BCUT2D eigenvalue weighted by Gasteiger charge is 2.11. The standard InChI is InChI=1S/C25H40O7/c1-3-4-10-14-22(27)15-11-8-6-5-7-9-12-16-23(28)17-13-18-25(30)32-20-24(29)19-31-21(2)26/h6-9,11-12,15-16,22-24,27-29H,3-5,10,13-14,17-20H2,1-2H3/b8-6-,9-7-,15-11+,16-12+/t22-,23-,24-/m0/s1. The third-order valence-electron chi connectivity index (χ3n) is 4.33. The molecule has 0 aromatic carbocycles. The van der Waals surface area contributed by atoms with Crippen LogP contribution < -0.4 is 0 Å². The summed E-state index contributed by atoms with van der Waals surface area (Å²) < 4.78 is 9.50. The van der Waals surface area contributed by atoms with Crippen LogP contribution in [0.15, 0.2) is 48.6 Å². The van der Waals surface area contributed by atoms with Crippen LogP contribution in [0.5, 0.6) is 0 Å². The molecule has 182 valence electrons. The third kappa shape index (κ3) is 21.0. The van der Waals surface area contributed by atoms with Gasteiger partial charge in [-0.15, -0.1) is 0 Å². The predicted octanol–water partition coefficient (Wildman–Crippen LogP) is 3.54. The van der Waals surface area contributed by atoms with Gasteiger partial charge < -0.3 is 24.8 Å². The first-order chi connectivity index (χ1) is 15.3. The van der Waals surface area contributed by atoms with Crippen LogP contribution in [0.4, 0.5) is 0 Å². The fourth-order valence-electron chi connectivity index (χ4n) is 2.55. The molecule has 32 heavy (non-hydrogen) atoms. The molecule has 0 aromatic heterocycles. The van der Waals surface area contributed by atoms with E-state index in [1.807, 2.05) is 30.4 Å². The molecule has 0 unspecified atom stereocenters. The lowest BCUT2D eigenvalue weighted by Gasteiger charge is -2.11. The van der Waals surface area contributed by atoms with Crippen LogP contribution in [0.1, 0.15) is 65.2 Å². The van der Waals surface area contributed by atoms with Crippen LogP contribution in [-0.4, -0.2) is 58.8 Å². The van der Waals surface area contributed by atoms with Gasteiger partial charge in [-0.1, -0.05) is 74.8 Å². The van der Waals surface area contributed by atoms with Crippen LogP contribution in [0, 0.1) is 0 Å². The van der Waals surface area contributed by atoms with Gasteiger partial charge in [-0.2, -0.15) is 0 Å². The molecule has 0 bridgehead atoms. The number of unbranched alkanes of at least 4 members (excludes halogenated alkanes) is 2. The van der Waals surface area contributed by atoms with Crippen molar-refractivity contribution in [1.29, 1.82) is 0 Å². The van der Waals surface area contributed by atoms with Gasteiger partial charge in [0, 0.05) is 13.3 Å². The topological polar surface area (TPSA) is 113 Å². The molecule has 0 amide bonds. The number of aliphatic hydroxyl groups excluding tert-OH is 3. The molecule has 0 heterocycles. The van der Waals surface area contributed by atoms with E-state index in [-0.39, 0.29) is 25.7 Å². The lowest BCUT2D eigenvalue weighted by Crippen LogP contribution is -2.24. The van der Waals surface area contributed by atoms with Crippen molar-refractivity contribution >= 4 is 11.9 Å². The van der Waals surface area contributed by atoms with Gasteiger partial charge in [0.1, 0.15) is 19.3 Å². The lowest BCUT2D eigenvalue weighted by atomic mass is 10.1. The fraction of sp³-hybridized carbons (Fsp3) is 0.600. The van der Waals surface area contributed by atoms with Gasteiger partial charge in [-0.05, 0) is 25.7 Å². The number of allylic oxidation sites excluding steroid dienone is 6. The van der Waals surface area contributed by atoms with Crippen LogP contribution in [0.3, 0.4) is 0 Å². The zero-order valence-corrected chi connectivity index (χ0v) is 19.4. The van der Waals surface area contributed by atoms with E-state index in [0.29, 0.717) is 12.8 Å². The Morgan fingerprint density at radius 1 is 0.812 bits per heavy atom. The second kappa shape index (κ2) is 20.7. The highest BCUT2D eigenvalue weighted by molar-refractivity contribution is 5.69. The molecule has 0 fully saturated rings. The van der Waals surface area contributed by atoms with E-state index in [1.165, 1.54) is 6.92 Å². The fourth-order valence-corrected chi connectivity index (χ4v) is 2.55. The average molecular weight is 453 g/mol. The van der Waals surface area contributed by atoms with E-state index in [4.69, 9.17) is 4.74 Å². The highest BCUT2D eigenvalue weighted by Crippen LogP contribution is 2.05. The average Bonchev–Trinajstić information content (AvgIpc) is 2.75. The molecule has 0 rings (SSSR count). The molecular formula is C25H40O7. The van der Waals surface area contributed by atoms with Gasteiger partial charge in [0.25, 0.3) is 0 Å². The van der Waals surface area contributed by atoms with Crippen molar-refractivity contribution < 1.29 is 34.4 Å². The number of rotatable bonds is 18. The Morgan fingerprint density at radius 3 is 1.94 bits per heavy atom. The van der Waals surface area contributed by atoms with Crippen molar-refractivity contribution in [2.75, 3.05) is 13.2 Å². The smallest absolute Gasteiger partial charge is 0.305 e. The van der Waals surface area contributed by atoms with Crippen LogP contribution >= 0.6 is 0 Å². The Hall–Kier alpha value is -2.22. The Balaban J connectivity index is 3.83. The summed E-state index contributed by atoms with van der Waals surface area (Å²) in [6, 6.07) is 0. The molecule has 0 spiro atoms. The van der Waals surface area contributed by atoms with Gasteiger partial charge in [0.15, 0.2) is 0 Å². The molecular weight excluding hydrogens is 412 g/mol. The first-order valence-corrected chi connectivity index (χ1v) is 11.3. The summed E-state index contributed by atoms with van der Waals surface area (Å²) in [7, 11) is 0. The molecule has 0 aromatic rings. The highest BCUT2D eigenvalue weighted by atomic mass is 16.6. The van der Waals surface area contributed by atoms with E-state index in [9.17, 15) is 24.9 Å². The van der Waals surface area contributed by atoms with Crippen LogP contribution in [-0.2, 0) is 19.1 Å². The van der Waals surface area contributed by atoms with Crippen molar-refractivity contribution in [2.45, 2.75) is 83.5 Å². The third-order valence-corrected chi connectivity index (χ3v) is 4.33. The molecule has 0 aliphatic rings. The quantitative estimate of drug-likeness (QED) is 0.166. The summed E-state index contributed by atoms with van der Waals surface area (Å²) in [6.07, 6.45) is 18.5. The minimum atomic E-state index is -1.05. The second-order valence-electron chi connectivity index (χ2n) is 7.52. The van der Waals surface area contributed by atoms with Crippen molar-refractivity contribution in [2.24, 2.45) is 0 Å². The summed E-state index contributed by atoms with van der Waals surface area (Å²) in [5.74, 6) is -0.984. The maximum atomic E-state index is 11.6. The molecule has 0 radical (unpaired) electrons. The molecule has 0 saturated carbocycles. The molecule has 3 N–H and O–H groups in total. The van der Waals surface area contributed by atoms with Crippen molar-refractivity contribution in [3.8, 4) is 0 Å². The number of aliphatic hydroxyl groups is 3. The Kier molecular flexibility index (Phi) is 19.2. The van der Waals surface area contributed by atoms with Gasteiger partial charge in [-0.25, -0.2) is 0 Å². The first kappa shape index (κ1) is 29.8. The normalized spacial score (nSPS) is 15.0. The summed E-state index contributed by atoms with van der Waals surface area (Å²) >= 11 is 0. The molecule has 3 atom stereocenters. The zero-order chi connectivity index (χ0) is 24.0. The van der Waals surface area contributed by atoms with Crippen molar-refractivity contribution in [3.63, 3.8) is 0 Å². The van der Waals surface area contributed by atoms with E-state index in [1.54, 1.807) is 18.2 Å². The van der Waals surface area contributed by atoms with Gasteiger partial charge in [0.2, 0.25) is 0 Å². The number of ether oxygens (including phenoxy) is 2. The lowest BCUT2D eigenvalue weighted by molar-refractivity contribution is -0.151. The summed E-state index contributed by atoms with van der Waals surface area (Å²) in [4.78, 5) is 22.2. The molecule has 0 aliphatic carbocycles. The minimum absolute atomic E-state index is 0.132. The summed E-state index contributed by atoms with van der Waals surface area (Å²) in [6.45, 7) is 2.92. The van der Waals surface area contributed by atoms with Gasteiger partial charge in [-0.3, -0.25) is 9.59 Å². The van der Waals surface area contributed by atoms with Gasteiger partial charge in [0.05, 0.1) is 12.2 Å². The molecule has 0 saturated heterocycles. The van der Waals surface area contributed by atoms with Crippen LogP contribution in [0.2, 0.25) is 0 Å². The maximum Gasteiger partial charge on any atom is 0.305 e. The van der Waals surface area contributed by atoms with Crippen molar-refractivity contribution in [1.82, 2.24) is 0 Å². The largest absolute Gasteiger partial charge is 0.463 e. The number of carbonyl (C=O) groups is 2. The molecule has 7 nitrogen and oxygen atoms in total. The predicted molar refractivity (Wildman–Crippen MR) is 125 cm³/mol. The maximum absolute atomic E-state index is 11.6. The number of hydrogen-bond donors (Lipinski definition) is 3. The second-order valence-corrected chi connectivity index (χ2v) is 7.52. The molecule has 7 heteroatoms. The monoisotopic (exact) mass is 452 g/mol. The van der Waals surface area contributed by atoms with Gasteiger partial charge >= 0.3 is 11.9 Å². The van der Waals surface area contributed by atoms with E-state index in [0.717, 1.165) is 32.1 Å². The number of carbonyl (C=O) groups excluding carboxylic acids is 2. The number of hydrogen-bond acceptors (Lipinski definition) is 7. The van der Waals surface area contributed by atoms with E-state index in [2.05, 4.69) is 11.7 Å². The van der Waals surface area contributed by atoms with E-state index >= 15 is 0 Å². The Bertz CT molecular complexity index is 607. The minimum Gasteiger partial charge on any atom is -0.463 e. The Morgan fingerprint density at radius 2 is 1.38 bits per heavy atom. The van der Waals surface area contributed by atoms with Crippen LogP contribution in [0.25, 0.3) is 0 Å².